The summed E-state index contributed by atoms with van der Waals surface area (Å²) >= 11 is 0. The van der Waals surface area contributed by atoms with Gasteiger partial charge in [0.15, 0.2) is 5.65 Å². The molecule has 6 rings (SSSR count). The van der Waals surface area contributed by atoms with Crippen molar-refractivity contribution < 1.29 is 9.53 Å². The normalized spacial score (nSPS) is 28.2. The largest absolute Gasteiger partial charge is 0.374 e. The van der Waals surface area contributed by atoms with Gasteiger partial charge < -0.3 is 14.2 Å². The quantitative estimate of drug-likeness (QED) is 0.707. The highest BCUT2D eigenvalue weighted by Gasteiger charge is 2.53. The van der Waals surface area contributed by atoms with Crippen LogP contribution >= 0.6 is 0 Å². The van der Waals surface area contributed by atoms with Crippen molar-refractivity contribution in [2.24, 2.45) is 11.8 Å². The van der Waals surface area contributed by atoms with Crippen molar-refractivity contribution in [2.75, 3.05) is 13.1 Å². The minimum absolute atomic E-state index is 0.0702. The lowest BCUT2D eigenvalue weighted by Crippen LogP contribution is -2.31. The number of nitrogens with zero attached hydrogens (tertiary/aromatic N) is 4. The van der Waals surface area contributed by atoms with Crippen LogP contribution in [-0.4, -0.2) is 50.6 Å². The molecule has 1 amide bonds. The Morgan fingerprint density at radius 3 is 2.57 bits per heavy atom. The molecule has 142 valence electrons. The first-order valence-corrected chi connectivity index (χ1v) is 10.1. The maximum Gasteiger partial charge on any atom is 0.255 e. The van der Waals surface area contributed by atoms with Gasteiger partial charge in [0.1, 0.15) is 5.52 Å². The van der Waals surface area contributed by atoms with E-state index in [2.05, 4.69) is 22.1 Å². The van der Waals surface area contributed by atoms with E-state index in [9.17, 15) is 4.79 Å². The molecule has 28 heavy (non-hydrogen) atoms. The predicted molar refractivity (Wildman–Crippen MR) is 104 cm³/mol. The van der Waals surface area contributed by atoms with Gasteiger partial charge in [-0.05, 0) is 24.5 Å². The molecule has 2 bridgehead atoms. The van der Waals surface area contributed by atoms with Gasteiger partial charge in [-0.3, -0.25) is 4.79 Å². The van der Waals surface area contributed by atoms with Crippen LogP contribution < -0.4 is 0 Å². The summed E-state index contributed by atoms with van der Waals surface area (Å²) in [6.07, 6.45) is 6.53. The number of benzene rings is 1. The first-order chi connectivity index (χ1) is 13.8. The van der Waals surface area contributed by atoms with Crippen LogP contribution in [0.25, 0.3) is 11.2 Å². The lowest BCUT2D eigenvalue weighted by Gasteiger charge is -2.18. The molecular formula is C22H22N4O2. The molecule has 3 aliphatic rings. The standard InChI is InChI=1S/C22H22N4O2/c27-22(25-11-16-17(12-25)20-7-6-19(16)28-20)15-8-18-21(23-9-15)26(13-24-18)10-14-4-2-1-3-5-14/h1-5,8-9,13,16-17,19-20H,6-7,10-12H2/t16-,17+,19+,20-. The number of carbonyl (C=O) groups excluding carboxylic acids is 1. The molecule has 0 unspecified atom stereocenters. The molecule has 6 nitrogen and oxygen atoms in total. The number of hydrogen-bond acceptors (Lipinski definition) is 4. The van der Waals surface area contributed by atoms with E-state index in [1.54, 1.807) is 12.5 Å². The third kappa shape index (κ3) is 2.48. The number of imidazole rings is 1. The smallest absolute Gasteiger partial charge is 0.255 e. The fourth-order valence-electron chi connectivity index (χ4n) is 5.27. The number of pyridine rings is 1. The Morgan fingerprint density at radius 1 is 1.07 bits per heavy atom. The predicted octanol–water partition coefficient (Wildman–Crippen LogP) is 2.73. The van der Waals surface area contributed by atoms with Crippen LogP contribution in [-0.2, 0) is 11.3 Å². The fourth-order valence-corrected chi connectivity index (χ4v) is 5.27. The number of carbonyl (C=O) groups is 1. The van der Waals surface area contributed by atoms with Gasteiger partial charge in [-0.1, -0.05) is 30.3 Å². The van der Waals surface area contributed by atoms with E-state index in [1.807, 2.05) is 33.7 Å². The number of amides is 1. The van der Waals surface area contributed by atoms with E-state index >= 15 is 0 Å². The highest BCUT2D eigenvalue weighted by molar-refractivity contribution is 5.96. The molecule has 5 heterocycles. The molecule has 0 spiro atoms. The molecule has 3 aromatic rings. The maximum absolute atomic E-state index is 13.1. The Labute approximate surface area is 163 Å². The summed E-state index contributed by atoms with van der Waals surface area (Å²) < 4.78 is 8.04. The average molecular weight is 374 g/mol. The number of likely N-dealkylation sites (tertiary alicyclic amines) is 1. The monoisotopic (exact) mass is 374 g/mol. The maximum atomic E-state index is 13.1. The van der Waals surface area contributed by atoms with Crippen LogP contribution in [0.3, 0.4) is 0 Å². The molecule has 3 saturated heterocycles. The van der Waals surface area contributed by atoms with Crippen molar-refractivity contribution in [1.29, 1.82) is 0 Å². The fraction of sp³-hybridized carbons (Fsp3) is 0.409. The lowest BCUT2D eigenvalue weighted by molar-refractivity contribution is 0.0594. The van der Waals surface area contributed by atoms with Crippen LogP contribution in [0.4, 0.5) is 0 Å². The number of ether oxygens (including phenoxy) is 1. The van der Waals surface area contributed by atoms with Crippen molar-refractivity contribution in [3.05, 3.63) is 60.0 Å². The summed E-state index contributed by atoms with van der Waals surface area (Å²) in [6, 6.07) is 12.1. The van der Waals surface area contributed by atoms with Gasteiger partial charge in [0.2, 0.25) is 0 Å². The third-order valence-corrected chi connectivity index (χ3v) is 6.64. The summed E-state index contributed by atoms with van der Waals surface area (Å²) in [5, 5.41) is 0. The van der Waals surface area contributed by atoms with E-state index < -0.39 is 0 Å². The Bertz CT molecular complexity index is 1030. The second-order valence-corrected chi connectivity index (χ2v) is 8.25. The van der Waals surface area contributed by atoms with E-state index in [4.69, 9.17) is 4.74 Å². The van der Waals surface area contributed by atoms with Gasteiger partial charge in [-0.25, -0.2) is 9.97 Å². The van der Waals surface area contributed by atoms with Gasteiger partial charge >= 0.3 is 0 Å². The van der Waals surface area contributed by atoms with E-state index in [0.29, 0.717) is 29.6 Å². The molecular weight excluding hydrogens is 352 g/mol. The highest BCUT2D eigenvalue weighted by atomic mass is 16.5. The zero-order chi connectivity index (χ0) is 18.7. The van der Waals surface area contributed by atoms with Crippen molar-refractivity contribution in [1.82, 2.24) is 19.4 Å². The molecule has 6 heteroatoms. The Kier molecular flexibility index (Phi) is 3.56. The first-order valence-electron chi connectivity index (χ1n) is 10.1. The summed E-state index contributed by atoms with van der Waals surface area (Å²) in [5.41, 5.74) is 3.41. The Morgan fingerprint density at radius 2 is 1.82 bits per heavy atom. The Hall–Kier alpha value is -2.73. The molecule has 2 aromatic heterocycles. The van der Waals surface area contributed by atoms with E-state index in [-0.39, 0.29) is 5.91 Å². The van der Waals surface area contributed by atoms with Crippen molar-refractivity contribution in [3.63, 3.8) is 0 Å². The average Bonchev–Trinajstić information content (AvgIpc) is 3.49. The minimum atomic E-state index is 0.0702. The van der Waals surface area contributed by atoms with E-state index in [1.165, 1.54) is 5.56 Å². The minimum Gasteiger partial charge on any atom is -0.374 e. The number of fused-ring (bicyclic) bond motifs is 6. The van der Waals surface area contributed by atoms with Gasteiger partial charge in [-0.15, -0.1) is 0 Å². The van der Waals surface area contributed by atoms with Crippen molar-refractivity contribution in [2.45, 2.75) is 31.6 Å². The second-order valence-electron chi connectivity index (χ2n) is 8.25. The number of hydrogen-bond donors (Lipinski definition) is 0. The molecule has 3 aliphatic heterocycles. The summed E-state index contributed by atoms with van der Waals surface area (Å²) in [6.45, 7) is 2.34. The zero-order valence-corrected chi connectivity index (χ0v) is 15.6. The molecule has 1 aromatic carbocycles. The molecule has 3 fully saturated rings. The SMILES string of the molecule is O=C(c1cnc2c(c1)ncn2Cc1ccccc1)N1C[C@@H]2[C@H](C1)[C@H]1CC[C@@H]2O1. The molecule has 0 aliphatic carbocycles. The van der Waals surface area contributed by atoms with Gasteiger partial charge in [0.05, 0.1) is 30.6 Å². The van der Waals surface area contributed by atoms with Crippen LogP contribution in [0.1, 0.15) is 28.8 Å². The lowest BCUT2D eigenvalue weighted by atomic mass is 9.82. The van der Waals surface area contributed by atoms with Crippen molar-refractivity contribution >= 4 is 17.1 Å². The summed E-state index contributed by atoms with van der Waals surface area (Å²) in [5.74, 6) is 1.11. The van der Waals surface area contributed by atoms with Crippen LogP contribution in [0.15, 0.2) is 48.9 Å². The topological polar surface area (TPSA) is 60.2 Å². The zero-order valence-electron chi connectivity index (χ0n) is 15.6. The Balaban J connectivity index is 1.23. The van der Waals surface area contributed by atoms with Gasteiger partial charge in [-0.2, -0.15) is 0 Å². The molecule has 0 radical (unpaired) electrons. The summed E-state index contributed by atoms with van der Waals surface area (Å²) in [7, 11) is 0. The van der Waals surface area contributed by atoms with Crippen LogP contribution in [0.2, 0.25) is 0 Å². The highest BCUT2D eigenvalue weighted by Crippen LogP contribution is 2.47. The second kappa shape index (κ2) is 6.14. The van der Waals surface area contributed by atoms with Crippen LogP contribution in [0, 0.1) is 11.8 Å². The number of rotatable bonds is 3. The van der Waals surface area contributed by atoms with E-state index in [0.717, 1.165) is 43.6 Å². The third-order valence-electron chi connectivity index (χ3n) is 6.64. The summed E-state index contributed by atoms with van der Waals surface area (Å²) in [4.78, 5) is 24.1. The van der Waals surface area contributed by atoms with Gasteiger partial charge in [0.25, 0.3) is 5.91 Å². The van der Waals surface area contributed by atoms with Gasteiger partial charge in [0, 0.05) is 31.1 Å². The van der Waals surface area contributed by atoms with Crippen LogP contribution in [0.5, 0.6) is 0 Å². The number of aromatic nitrogens is 3. The molecule has 0 saturated carbocycles. The van der Waals surface area contributed by atoms with Crippen molar-refractivity contribution in [3.8, 4) is 0 Å². The molecule has 0 N–H and O–H groups in total. The molecule has 4 atom stereocenters. The first kappa shape index (κ1) is 16.2.